The van der Waals surface area contributed by atoms with Crippen molar-refractivity contribution < 1.29 is 21.6 Å². The summed E-state index contributed by atoms with van der Waals surface area (Å²) in [7, 11) is -4.29. The first kappa shape index (κ1) is 19.6. The molecule has 10 heteroatoms. The SMILES string of the molecule is CSc1ccc(C=CN(c2ccc(F)cc2S(N)(=O)=O)S(=O)O)cc1. The highest BCUT2D eigenvalue weighted by Gasteiger charge is 2.21. The number of hydrogen-bond acceptors (Lipinski definition) is 4. The van der Waals surface area contributed by atoms with Gasteiger partial charge in [0.2, 0.25) is 10.0 Å². The highest BCUT2D eigenvalue weighted by molar-refractivity contribution is 7.98. The Morgan fingerprint density at radius 2 is 1.88 bits per heavy atom. The molecule has 2 aromatic carbocycles. The first-order valence-electron chi connectivity index (χ1n) is 6.77. The Morgan fingerprint density at radius 1 is 1.24 bits per heavy atom. The van der Waals surface area contributed by atoms with Crippen LogP contribution in [0.4, 0.5) is 10.1 Å². The summed E-state index contributed by atoms with van der Waals surface area (Å²) in [6, 6.07) is 10.1. The molecule has 0 saturated heterocycles. The number of primary sulfonamides is 1. The Hall–Kier alpha value is -1.72. The van der Waals surface area contributed by atoms with Gasteiger partial charge >= 0.3 is 0 Å². The predicted octanol–water partition coefficient (Wildman–Crippen LogP) is 2.81. The second-order valence-corrected chi connectivity index (χ2v) is 8.07. The van der Waals surface area contributed by atoms with E-state index in [0.29, 0.717) is 6.07 Å². The Kier molecular flexibility index (Phi) is 6.36. The molecular weight excluding hydrogens is 387 g/mol. The zero-order chi connectivity index (χ0) is 18.6. The number of rotatable bonds is 6. The van der Waals surface area contributed by atoms with Crippen LogP contribution < -0.4 is 9.44 Å². The van der Waals surface area contributed by atoms with Gasteiger partial charge in [0.25, 0.3) is 11.3 Å². The zero-order valence-electron chi connectivity index (χ0n) is 13.0. The van der Waals surface area contributed by atoms with Crippen molar-refractivity contribution in [3.8, 4) is 0 Å². The highest BCUT2D eigenvalue weighted by Crippen LogP contribution is 2.27. The van der Waals surface area contributed by atoms with E-state index in [1.54, 1.807) is 23.9 Å². The fourth-order valence-corrected chi connectivity index (χ4v) is 3.68. The highest BCUT2D eigenvalue weighted by atomic mass is 32.2. The standard InChI is InChI=1S/C15H15FN2O4S3/c1-23-13-5-2-11(3-6-13)8-9-18(24(19)20)14-7-4-12(16)10-15(14)25(17,21)22/h2-10H,1H3,(H,19,20)(H2,17,21,22). The molecule has 0 aromatic heterocycles. The molecule has 0 aliphatic carbocycles. The summed E-state index contributed by atoms with van der Waals surface area (Å²) in [5, 5.41) is 5.08. The number of benzene rings is 2. The van der Waals surface area contributed by atoms with Gasteiger partial charge in [0.05, 0.1) is 5.69 Å². The number of anilines is 1. The average molecular weight is 402 g/mol. The Labute approximate surface area is 152 Å². The molecule has 0 aliphatic rings. The van der Waals surface area contributed by atoms with Gasteiger partial charge in [0, 0.05) is 11.1 Å². The molecule has 0 radical (unpaired) electrons. The van der Waals surface area contributed by atoms with Gasteiger partial charge in [0.1, 0.15) is 10.7 Å². The van der Waals surface area contributed by atoms with E-state index in [-0.39, 0.29) is 5.69 Å². The van der Waals surface area contributed by atoms with Crippen molar-refractivity contribution in [1.29, 1.82) is 0 Å². The summed E-state index contributed by atoms with van der Waals surface area (Å²) in [4.78, 5) is 0.465. The van der Waals surface area contributed by atoms with Crippen molar-refractivity contribution in [3.63, 3.8) is 0 Å². The van der Waals surface area contributed by atoms with Crippen molar-refractivity contribution in [2.75, 3.05) is 10.6 Å². The molecule has 25 heavy (non-hydrogen) atoms. The van der Waals surface area contributed by atoms with Crippen LogP contribution in [0.3, 0.4) is 0 Å². The van der Waals surface area contributed by atoms with Crippen molar-refractivity contribution >= 4 is 44.8 Å². The molecule has 0 fully saturated rings. The van der Waals surface area contributed by atoms with Gasteiger partial charge in [-0.25, -0.2) is 26.5 Å². The van der Waals surface area contributed by atoms with Crippen molar-refractivity contribution in [2.24, 2.45) is 5.14 Å². The van der Waals surface area contributed by atoms with Crippen LogP contribution in [-0.4, -0.2) is 23.4 Å². The maximum absolute atomic E-state index is 13.4. The van der Waals surface area contributed by atoms with E-state index in [1.165, 1.54) is 12.3 Å². The number of sulfonamides is 1. The third-order valence-corrected chi connectivity index (χ3v) is 5.49. The van der Waals surface area contributed by atoms with E-state index < -0.39 is 32.0 Å². The van der Waals surface area contributed by atoms with Gasteiger partial charge in [-0.05, 0) is 48.2 Å². The lowest BCUT2D eigenvalue weighted by atomic mass is 10.2. The normalized spacial score (nSPS) is 13.1. The Morgan fingerprint density at radius 3 is 2.40 bits per heavy atom. The van der Waals surface area contributed by atoms with Crippen LogP contribution in [-0.2, 0) is 21.3 Å². The number of nitrogens with zero attached hydrogens (tertiary/aromatic N) is 1. The van der Waals surface area contributed by atoms with Gasteiger partial charge < -0.3 is 0 Å². The molecule has 6 nitrogen and oxygen atoms in total. The number of halogens is 1. The van der Waals surface area contributed by atoms with E-state index in [4.69, 9.17) is 5.14 Å². The van der Waals surface area contributed by atoms with Crippen LogP contribution >= 0.6 is 11.8 Å². The van der Waals surface area contributed by atoms with Crippen LogP contribution in [0.5, 0.6) is 0 Å². The molecule has 0 heterocycles. The minimum atomic E-state index is -4.29. The van der Waals surface area contributed by atoms with Gasteiger partial charge in [-0.3, -0.25) is 4.55 Å². The third-order valence-electron chi connectivity index (χ3n) is 3.15. The summed E-state index contributed by atoms with van der Waals surface area (Å²) in [5.41, 5.74) is 0.522. The van der Waals surface area contributed by atoms with Gasteiger partial charge in [0.15, 0.2) is 0 Å². The largest absolute Gasteiger partial charge is 0.289 e. The molecule has 2 rings (SSSR count). The lowest BCUT2D eigenvalue weighted by Gasteiger charge is -2.18. The second kappa shape index (κ2) is 8.11. The summed E-state index contributed by atoms with van der Waals surface area (Å²) in [6.07, 6.45) is 4.69. The van der Waals surface area contributed by atoms with Gasteiger partial charge in [-0.2, -0.15) is 0 Å². The molecule has 0 aliphatic heterocycles. The fraction of sp³-hybridized carbons (Fsp3) is 0.0667. The van der Waals surface area contributed by atoms with Crippen molar-refractivity contribution in [3.05, 3.63) is 60.0 Å². The number of thioether (sulfide) groups is 1. The summed E-state index contributed by atoms with van der Waals surface area (Å²) >= 11 is -1.02. The molecule has 134 valence electrons. The number of nitrogens with two attached hydrogens (primary N) is 1. The van der Waals surface area contributed by atoms with E-state index in [9.17, 15) is 21.6 Å². The van der Waals surface area contributed by atoms with Gasteiger partial charge in [-0.1, -0.05) is 12.1 Å². The molecule has 1 atom stereocenters. The summed E-state index contributed by atoms with van der Waals surface area (Å²) < 4.78 is 58.6. The van der Waals surface area contributed by atoms with Gasteiger partial charge in [-0.15, -0.1) is 11.8 Å². The molecule has 0 saturated carbocycles. The van der Waals surface area contributed by atoms with E-state index in [2.05, 4.69) is 0 Å². The van der Waals surface area contributed by atoms with Crippen LogP contribution in [0.25, 0.3) is 6.08 Å². The van der Waals surface area contributed by atoms with Crippen LogP contribution in [0.15, 0.2) is 58.5 Å². The molecule has 1 unspecified atom stereocenters. The minimum absolute atomic E-state index is 0.207. The monoisotopic (exact) mass is 402 g/mol. The molecule has 0 spiro atoms. The molecule has 2 aromatic rings. The maximum atomic E-state index is 13.4. The van der Waals surface area contributed by atoms with E-state index >= 15 is 0 Å². The topological polar surface area (TPSA) is 101 Å². The lowest BCUT2D eigenvalue weighted by Crippen LogP contribution is -2.23. The van der Waals surface area contributed by atoms with E-state index in [1.807, 2.05) is 18.4 Å². The summed E-state index contributed by atoms with van der Waals surface area (Å²) in [5.74, 6) is -0.826. The minimum Gasteiger partial charge on any atom is -0.289 e. The lowest BCUT2D eigenvalue weighted by molar-refractivity contribution is 0.563. The molecule has 0 amide bonds. The smallest absolute Gasteiger partial charge is 0.266 e. The van der Waals surface area contributed by atoms with Crippen molar-refractivity contribution in [1.82, 2.24) is 0 Å². The molecule has 3 N–H and O–H groups in total. The quantitative estimate of drug-likeness (QED) is 0.572. The number of hydrogen-bond donors (Lipinski definition) is 2. The molecule has 0 bridgehead atoms. The fourth-order valence-electron chi connectivity index (χ4n) is 1.98. The third kappa shape index (κ3) is 5.13. The predicted molar refractivity (Wildman–Crippen MR) is 98.3 cm³/mol. The van der Waals surface area contributed by atoms with Crippen molar-refractivity contribution in [2.45, 2.75) is 9.79 Å². The van der Waals surface area contributed by atoms with Crippen LogP contribution in [0.2, 0.25) is 0 Å². The Bertz CT molecular complexity index is 915. The first-order valence-corrected chi connectivity index (χ1v) is 10.6. The second-order valence-electron chi connectivity index (χ2n) is 4.80. The van der Waals surface area contributed by atoms with E-state index in [0.717, 1.165) is 26.9 Å². The first-order chi connectivity index (χ1) is 11.7. The Balaban J connectivity index is 2.45. The average Bonchev–Trinajstić information content (AvgIpc) is 2.55. The maximum Gasteiger partial charge on any atom is 0.266 e. The molecular formula is C15H15FN2O4S3. The van der Waals surface area contributed by atoms with Crippen LogP contribution in [0, 0.1) is 5.82 Å². The van der Waals surface area contributed by atoms with Crippen LogP contribution in [0.1, 0.15) is 5.56 Å². The summed E-state index contributed by atoms with van der Waals surface area (Å²) in [6.45, 7) is 0. The zero-order valence-corrected chi connectivity index (χ0v) is 15.4.